The molecule has 0 radical (unpaired) electrons. The lowest BCUT2D eigenvalue weighted by Crippen LogP contribution is -2.49. The van der Waals surface area contributed by atoms with Crippen LogP contribution >= 0.6 is 0 Å². The average Bonchev–Trinajstić information content (AvgIpc) is 2.69. The predicted molar refractivity (Wildman–Crippen MR) is 100.0 cm³/mol. The van der Waals surface area contributed by atoms with Crippen molar-refractivity contribution in [2.45, 2.75) is 26.3 Å². The van der Waals surface area contributed by atoms with Crippen LogP contribution in [0.25, 0.3) is 0 Å². The van der Waals surface area contributed by atoms with Gasteiger partial charge in [-0.05, 0) is 37.6 Å². The number of pyridine rings is 2. The highest BCUT2D eigenvalue weighted by Gasteiger charge is 2.23. The van der Waals surface area contributed by atoms with E-state index in [1.807, 2.05) is 29.2 Å². The first kappa shape index (κ1) is 17.2. The summed E-state index contributed by atoms with van der Waals surface area (Å²) in [4.78, 5) is 25.4. The summed E-state index contributed by atoms with van der Waals surface area (Å²) >= 11 is 0. The van der Waals surface area contributed by atoms with Gasteiger partial charge >= 0.3 is 0 Å². The van der Waals surface area contributed by atoms with Crippen molar-refractivity contribution in [3.8, 4) is 0 Å². The van der Waals surface area contributed by atoms with Crippen LogP contribution in [0.3, 0.4) is 0 Å². The highest BCUT2D eigenvalue weighted by atomic mass is 16.2. The Morgan fingerprint density at radius 3 is 2.56 bits per heavy atom. The molecule has 0 aliphatic carbocycles. The van der Waals surface area contributed by atoms with E-state index in [9.17, 15) is 4.79 Å². The Hall–Kier alpha value is -2.63. The Balaban J connectivity index is 1.57. The minimum Gasteiger partial charge on any atom is -0.381 e. The Morgan fingerprint density at radius 2 is 1.96 bits per heavy atom. The molecule has 132 valence electrons. The van der Waals surface area contributed by atoms with Gasteiger partial charge in [-0.2, -0.15) is 0 Å². The first-order chi connectivity index (χ1) is 12.2. The number of piperazine rings is 1. The number of anilines is 2. The number of carbonyl (C=O) groups excluding carboxylic acids is 1. The van der Waals surface area contributed by atoms with Gasteiger partial charge in [0.15, 0.2) is 0 Å². The summed E-state index contributed by atoms with van der Waals surface area (Å²) < 4.78 is 0. The van der Waals surface area contributed by atoms with Crippen LogP contribution in [0.2, 0.25) is 0 Å². The molecule has 2 aromatic heterocycles. The van der Waals surface area contributed by atoms with E-state index in [1.54, 1.807) is 18.5 Å². The Morgan fingerprint density at radius 1 is 1.16 bits per heavy atom. The monoisotopic (exact) mass is 339 g/mol. The zero-order valence-corrected chi connectivity index (χ0v) is 14.9. The molecule has 1 saturated heterocycles. The number of hydrogen-bond acceptors (Lipinski definition) is 5. The first-order valence-corrected chi connectivity index (χ1v) is 8.85. The molecule has 0 bridgehead atoms. The molecule has 6 nitrogen and oxygen atoms in total. The van der Waals surface area contributed by atoms with Crippen molar-refractivity contribution < 1.29 is 4.79 Å². The first-order valence-electron chi connectivity index (χ1n) is 8.85. The van der Waals surface area contributed by atoms with Crippen LogP contribution < -0.4 is 10.2 Å². The Labute approximate surface area is 148 Å². The lowest BCUT2D eigenvalue weighted by Gasteiger charge is -2.35. The van der Waals surface area contributed by atoms with E-state index in [-0.39, 0.29) is 5.91 Å². The number of amides is 1. The second-order valence-corrected chi connectivity index (χ2v) is 6.35. The van der Waals surface area contributed by atoms with E-state index >= 15 is 0 Å². The maximum atomic E-state index is 12.6. The van der Waals surface area contributed by atoms with Crippen molar-refractivity contribution in [1.82, 2.24) is 14.9 Å². The molecule has 0 aromatic carbocycles. The Bertz CT molecular complexity index is 681. The molecule has 1 aliphatic rings. The van der Waals surface area contributed by atoms with E-state index in [0.29, 0.717) is 24.8 Å². The summed E-state index contributed by atoms with van der Waals surface area (Å²) in [6.45, 7) is 7.20. The van der Waals surface area contributed by atoms with Crippen LogP contribution in [0, 0.1) is 0 Å². The molecule has 1 fully saturated rings. The van der Waals surface area contributed by atoms with Crippen molar-refractivity contribution in [1.29, 1.82) is 0 Å². The van der Waals surface area contributed by atoms with Gasteiger partial charge in [0.25, 0.3) is 5.91 Å². The summed E-state index contributed by atoms with van der Waals surface area (Å²) in [5.74, 6) is 0.962. The normalized spacial score (nSPS) is 15.8. The molecular weight excluding hydrogens is 314 g/mol. The molecule has 1 amide bonds. The maximum Gasteiger partial charge on any atom is 0.272 e. The lowest BCUT2D eigenvalue weighted by molar-refractivity contribution is 0.0740. The number of hydrogen-bond donors (Lipinski definition) is 1. The second kappa shape index (κ2) is 7.96. The van der Waals surface area contributed by atoms with Gasteiger partial charge in [0.1, 0.15) is 11.5 Å². The van der Waals surface area contributed by atoms with Gasteiger partial charge in [-0.15, -0.1) is 0 Å². The van der Waals surface area contributed by atoms with Crippen molar-refractivity contribution in [2.75, 3.05) is 36.4 Å². The van der Waals surface area contributed by atoms with Gasteiger partial charge in [0.2, 0.25) is 0 Å². The Kier molecular flexibility index (Phi) is 5.48. The maximum absolute atomic E-state index is 12.6. The molecule has 1 N–H and O–H groups in total. The van der Waals surface area contributed by atoms with E-state index in [4.69, 9.17) is 0 Å². The van der Waals surface area contributed by atoms with E-state index in [1.165, 1.54) is 0 Å². The fourth-order valence-corrected chi connectivity index (χ4v) is 2.83. The van der Waals surface area contributed by atoms with Crippen LogP contribution in [-0.4, -0.2) is 53.0 Å². The van der Waals surface area contributed by atoms with Crippen molar-refractivity contribution in [3.05, 3.63) is 48.4 Å². The van der Waals surface area contributed by atoms with Crippen molar-refractivity contribution in [2.24, 2.45) is 0 Å². The van der Waals surface area contributed by atoms with Crippen molar-refractivity contribution >= 4 is 17.4 Å². The summed E-state index contributed by atoms with van der Waals surface area (Å²) in [5, 5.41) is 3.36. The molecule has 1 atom stereocenters. The highest BCUT2D eigenvalue weighted by molar-refractivity contribution is 5.92. The lowest BCUT2D eigenvalue weighted by atomic mass is 10.2. The summed E-state index contributed by atoms with van der Waals surface area (Å²) in [5.41, 5.74) is 1.45. The number of nitrogens with zero attached hydrogens (tertiary/aromatic N) is 4. The summed E-state index contributed by atoms with van der Waals surface area (Å²) in [6, 6.07) is 10.0. The molecule has 0 saturated carbocycles. The predicted octanol–water partition coefficient (Wildman–Crippen LogP) is 2.65. The largest absolute Gasteiger partial charge is 0.381 e. The molecule has 1 aliphatic heterocycles. The summed E-state index contributed by atoms with van der Waals surface area (Å²) in [7, 11) is 0. The number of rotatable bonds is 5. The third-order valence-electron chi connectivity index (χ3n) is 4.55. The molecule has 2 aromatic rings. The standard InChI is InChI=1S/C19H25N5O/c1-3-15(2)22-16-7-8-17(21-14-16)19(25)24-12-10-23(11-13-24)18-6-4-5-9-20-18/h4-9,14-15,22H,3,10-13H2,1-2H3. The molecule has 6 heteroatoms. The third-order valence-corrected chi connectivity index (χ3v) is 4.55. The third kappa shape index (κ3) is 4.26. The average molecular weight is 339 g/mol. The number of carbonyl (C=O) groups is 1. The quantitative estimate of drug-likeness (QED) is 0.907. The molecule has 0 spiro atoms. The minimum absolute atomic E-state index is 0.00393. The number of aromatic nitrogens is 2. The molecule has 3 rings (SSSR count). The topological polar surface area (TPSA) is 61.4 Å². The fraction of sp³-hybridized carbons (Fsp3) is 0.421. The second-order valence-electron chi connectivity index (χ2n) is 6.35. The van der Waals surface area contributed by atoms with Crippen LogP contribution in [0.5, 0.6) is 0 Å². The van der Waals surface area contributed by atoms with Crippen LogP contribution in [-0.2, 0) is 0 Å². The molecular formula is C19H25N5O. The molecule has 3 heterocycles. The van der Waals surface area contributed by atoms with E-state index in [0.717, 1.165) is 31.0 Å². The van der Waals surface area contributed by atoms with Gasteiger partial charge in [-0.25, -0.2) is 9.97 Å². The van der Waals surface area contributed by atoms with Crippen LogP contribution in [0.15, 0.2) is 42.7 Å². The number of nitrogens with one attached hydrogen (secondary N) is 1. The highest BCUT2D eigenvalue weighted by Crippen LogP contribution is 2.15. The van der Waals surface area contributed by atoms with Gasteiger partial charge in [0.05, 0.1) is 11.9 Å². The van der Waals surface area contributed by atoms with Gasteiger partial charge < -0.3 is 15.1 Å². The summed E-state index contributed by atoms with van der Waals surface area (Å²) in [6.07, 6.45) is 4.58. The molecule has 1 unspecified atom stereocenters. The van der Waals surface area contributed by atoms with Crippen LogP contribution in [0.4, 0.5) is 11.5 Å². The fourth-order valence-electron chi connectivity index (χ4n) is 2.83. The van der Waals surface area contributed by atoms with Gasteiger partial charge in [-0.3, -0.25) is 4.79 Å². The minimum atomic E-state index is -0.00393. The smallest absolute Gasteiger partial charge is 0.272 e. The zero-order valence-electron chi connectivity index (χ0n) is 14.9. The van der Waals surface area contributed by atoms with Crippen molar-refractivity contribution in [3.63, 3.8) is 0 Å². The van der Waals surface area contributed by atoms with E-state index in [2.05, 4.69) is 34.0 Å². The van der Waals surface area contributed by atoms with Gasteiger partial charge in [0, 0.05) is 38.4 Å². The van der Waals surface area contributed by atoms with Crippen LogP contribution in [0.1, 0.15) is 30.8 Å². The zero-order chi connectivity index (χ0) is 17.6. The van der Waals surface area contributed by atoms with Gasteiger partial charge in [-0.1, -0.05) is 13.0 Å². The SMILES string of the molecule is CCC(C)Nc1ccc(C(=O)N2CCN(c3ccccn3)CC2)nc1. The van der Waals surface area contributed by atoms with E-state index < -0.39 is 0 Å². The molecule has 25 heavy (non-hydrogen) atoms.